The van der Waals surface area contributed by atoms with Gasteiger partial charge >= 0.3 is 181 Å². The van der Waals surface area contributed by atoms with E-state index in [0.29, 0.717) is 22.3 Å². The summed E-state index contributed by atoms with van der Waals surface area (Å²) in [5, 5.41) is 60.7. The molecule has 330 valence electrons. The molecular weight excluding hydrogens is 842 g/mol. The molecule has 13 heteroatoms. The topological polar surface area (TPSA) is 210 Å². The van der Waals surface area contributed by atoms with Crippen LogP contribution in [0.15, 0.2) is 243 Å². The van der Waals surface area contributed by atoms with Crippen molar-refractivity contribution < 1.29 is 54.7 Å². The maximum absolute atomic E-state index is 10.2. The first kappa shape index (κ1) is 51.4. The molecule has 8 rings (SSSR count). The van der Waals surface area contributed by atoms with Gasteiger partial charge in [0.25, 0.3) is 0 Å². The van der Waals surface area contributed by atoms with E-state index in [2.05, 4.69) is 121 Å². The van der Waals surface area contributed by atoms with E-state index in [1.54, 1.807) is 121 Å². The molecule has 0 atom stereocenters. The van der Waals surface area contributed by atoms with Crippen molar-refractivity contribution in [3.8, 4) is 0 Å². The SMILES string of the molecule is O=C(O)c1ccccc1.O=C(O)c1ccccc1.O=C(O)c1ccccc1.O=C(O)c1ccccc1.OB(O)O.c1ccc([PH](c2ccccc2)(c2ccccc2)c2ccccc2)cc1. The van der Waals surface area contributed by atoms with Crippen molar-refractivity contribution in [3.05, 3.63) is 265 Å². The number of carbonyl (C=O) groups is 4. The Labute approximate surface area is 378 Å². The van der Waals surface area contributed by atoms with Crippen LogP contribution in [0.4, 0.5) is 0 Å². The molecule has 0 unspecified atom stereocenters. The molecule has 0 radical (unpaired) electrons. The molecule has 65 heavy (non-hydrogen) atoms. The standard InChI is InChI=1S/C24H21P.4C7H6O2.BH3O3/c1-5-13-21(14-6-1)25(22-15-7-2-8-16-22,23-17-9-3-10-18-23)24-19-11-4-12-20-24;4*8-7(9)6-4-2-1-3-5-6;2-1(3)4/h1-20,25H;4*1-5H,(H,8,9);2-4H. The second kappa shape index (κ2) is 28.6. The summed E-state index contributed by atoms with van der Waals surface area (Å²) in [6.07, 6.45) is 0. The molecular formula is C52H48BO11P. The van der Waals surface area contributed by atoms with Gasteiger partial charge in [0.15, 0.2) is 0 Å². The fourth-order valence-electron chi connectivity index (χ4n) is 6.08. The minimum absolute atomic E-state index is 0.331. The molecule has 11 nitrogen and oxygen atoms in total. The van der Waals surface area contributed by atoms with E-state index in [1.807, 2.05) is 0 Å². The molecule has 0 saturated heterocycles. The maximum atomic E-state index is 10.2. The van der Waals surface area contributed by atoms with Gasteiger partial charge in [-0.2, -0.15) is 0 Å². The summed E-state index contributed by atoms with van der Waals surface area (Å²) < 4.78 is 0. The number of hydrogen-bond acceptors (Lipinski definition) is 7. The molecule has 0 spiro atoms. The first-order chi connectivity index (χ1) is 31.4. The first-order valence-corrected chi connectivity index (χ1v) is 21.8. The number of aromatic carboxylic acids is 4. The fourth-order valence-corrected chi connectivity index (χ4v) is 10.8. The van der Waals surface area contributed by atoms with Crippen molar-refractivity contribution in [2.45, 2.75) is 0 Å². The molecule has 0 aliphatic heterocycles. The van der Waals surface area contributed by atoms with E-state index in [-0.39, 0.29) is 0 Å². The molecule has 0 saturated carbocycles. The van der Waals surface area contributed by atoms with Gasteiger partial charge in [0.2, 0.25) is 0 Å². The van der Waals surface area contributed by atoms with Gasteiger partial charge in [0.1, 0.15) is 0 Å². The van der Waals surface area contributed by atoms with Crippen molar-refractivity contribution in [2.24, 2.45) is 0 Å². The van der Waals surface area contributed by atoms with Crippen molar-refractivity contribution in [1.29, 1.82) is 0 Å². The van der Waals surface area contributed by atoms with Gasteiger partial charge in [0.05, 0.1) is 22.3 Å². The normalized spacial score (nSPS) is 9.89. The summed E-state index contributed by atoms with van der Waals surface area (Å²) in [4.78, 5) is 40.8. The molecule has 0 aliphatic rings. The summed E-state index contributed by atoms with van der Waals surface area (Å²) in [5.74, 6) is -3.52. The van der Waals surface area contributed by atoms with Crippen molar-refractivity contribution in [3.63, 3.8) is 0 Å². The number of carboxylic acid groups (broad SMARTS) is 4. The fraction of sp³-hybridized carbons (Fsp3) is 0. The number of benzene rings is 8. The Morgan fingerprint density at radius 2 is 0.385 bits per heavy atom. The average Bonchev–Trinajstić information content (AvgIpc) is 3.35. The second-order valence-corrected chi connectivity index (χ2v) is 17.1. The Balaban J connectivity index is 0.000000233. The molecule has 7 N–H and O–H groups in total. The van der Waals surface area contributed by atoms with Crippen LogP contribution in [0.2, 0.25) is 0 Å². The van der Waals surface area contributed by atoms with Crippen LogP contribution in [0.3, 0.4) is 0 Å². The first-order valence-electron chi connectivity index (χ1n) is 19.8. The van der Waals surface area contributed by atoms with Crippen LogP contribution in [-0.4, -0.2) is 66.7 Å². The quantitative estimate of drug-likeness (QED) is 0.0586. The van der Waals surface area contributed by atoms with E-state index in [4.69, 9.17) is 35.5 Å². The van der Waals surface area contributed by atoms with Crippen molar-refractivity contribution in [2.75, 3.05) is 0 Å². The van der Waals surface area contributed by atoms with Crippen LogP contribution in [-0.2, 0) is 0 Å². The van der Waals surface area contributed by atoms with E-state index in [1.165, 1.54) is 21.2 Å². The third-order valence-corrected chi connectivity index (χ3v) is 13.7. The second-order valence-electron chi connectivity index (χ2n) is 13.2. The van der Waals surface area contributed by atoms with Gasteiger partial charge in [0, 0.05) is 0 Å². The molecule has 0 aromatic heterocycles. The Bertz CT molecular complexity index is 2190. The van der Waals surface area contributed by atoms with Crippen molar-refractivity contribution in [1.82, 2.24) is 0 Å². The Hall–Kier alpha value is -7.99. The van der Waals surface area contributed by atoms with Crippen LogP contribution >= 0.6 is 7.26 Å². The Kier molecular flexibility index (Phi) is 22.6. The number of rotatable bonds is 8. The number of hydrogen-bond donors (Lipinski definition) is 7. The monoisotopic (exact) mass is 890 g/mol. The van der Waals surface area contributed by atoms with E-state index >= 15 is 0 Å². The van der Waals surface area contributed by atoms with E-state index < -0.39 is 38.5 Å². The summed E-state index contributed by atoms with van der Waals surface area (Å²) in [5.41, 5.74) is 1.32. The minimum atomic E-state index is -2.30. The van der Waals surface area contributed by atoms with E-state index in [0.717, 1.165) is 0 Å². The molecule has 0 aliphatic carbocycles. The summed E-state index contributed by atoms with van der Waals surface area (Å²) in [7, 11) is -4.47. The zero-order valence-corrected chi connectivity index (χ0v) is 35.9. The van der Waals surface area contributed by atoms with Gasteiger partial charge in [-0.3, -0.25) is 0 Å². The van der Waals surface area contributed by atoms with Gasteiger partial charge in [-0.25, -0.2) is 19.2 Å². The van der Waals surface area contributed by atoms with Gasteiger partial charge in [-0.15, -0.1) is 0 Å². The van der Waals surface area contributed by atoms with E-state index in [9.17, 15) is 19.2 Å². The molecule has 8 aromatic rings. The number of carboxylic acids is 4. The van der Waals surface area contributed by atoms with Gasteiger partial charge < -0.3 is 35.5 Å². The predicted octanol–water partition coefficient (Wildman–Crippen LogP) is 7.53. The molecule has 8 aromatic carbocycles. The van der Waals surface area contributed by atoms with Crippen LogP contribution < -0.4 is 21.2 Å². The van der Waals surface area contributed by atoms with Gasteiger partial charge in [-0.1, -0.05) is 72.8 Å². The van der Waals surface area contributed by atoms with Crippen molar-refractivity contribution >= 4 is 59.7 Å². The summed E-state index contributed by atoms with van der Waals surface area (Å²) >= 11 is 0. The molecule has 0 fully saturated rings. The zero-order chi connectivity index (χ0) is 47.3. The van der Waals surface area contributed by atoms with Crippen LogP contribution in [0.25, 0.3) is 0 Å². The third kappa shape index (κ3) is 17.7. The van der Waals surface area contributed by atoms with Crippen LogP contribution in [0.1, 0.15) is 41.4 Å². The van der Waals surface area contributed by atoms with Gasteiger partial charge in [-0.05, 0) is 48.5 Å². The predicted molar refractivity (Wildman–Crippen MR) is 259 cm³/mol. The zero-order valence-electron chi connectivity index (χ0n) is 34.9. The molecule has 0 bridgehead atoms. The summed E-state index contributed by atoms with van der Waals surface area (Å²) in [6, 6.07) is 77.2. The molecule has 0 amide bonds. The Morgan fingerprint density at radius 1 is 0.262 bits per heavy atom. The summed E-state index contributed by atoms with van der Waals surface area (Å²) in [6.45, 7) is 0. The molecule has 0 heterocycles. The van der Waals surface area contributed by atoms with Crippen LogP contribution in [0, 0.1) is 0 Å². The average molecular weight is 891 g/mol. The third-order valence-electron chi connectivity index (χ3n) is 8.91. The van der Waals surface area contributed by atoms with Crippen LogP contribution in [0.5, 0.6) is 0 Å². The Morgan fingerprint density at radius 3 is 0.492 bits per heavy atom.